The molecule has 0 fully saturated rings. The molecule has 3 aromatic rings. The number of pyridine rings is 1. The second-order valence-corrected chi connectivity index (χ2v) is 9.46. The number of fused-ring (bicyclic) bond motifs is 5. The van der Waals surface area contributed by atoms with E-state index in [2.05, 4.69) is 32.7 Å². The van der Waals surface area contributed by atoms with E-state index < -0.39 is 29.8 Å². The van der Waals surface area contributed by atoms with Crippen molar-refractivity contribution in [3.8, 4) is 11.5 Å². The first-order valence-corrected chi connectivity index (χ1v) is 12.9. The first-order valence-electron chi connectivity index (χ1n) is 12.5. The van der Waals surface area contributed by atoms with Crippen molar-refractivity contribution in [2.75, 3.05) is 12.0 Å². The topological polar surface area (TPSA) is 160 Å². The third kappa shape index (κ3) is 9.53. The lowest BCUT2D eigenvalue weighted by atomic mass is 10.0. The number of carbonyl (C=O) groups excluding carboxylic acids is 2. The average molecular weight is 621 g/mol. The molecule has 5 rings (SSSR count). The van der Waals surface area contributed by atoms with Crippen LogP contribution in [0.2, 0.25) is 5.15 Å². The lowest BCUT2D eigenvalue weighted by molar-refractivity contribution is -0.122. The molecule has 15 heteroatoms. The number of hydrogen-bond donors (Lipinski definition) is 5. The van der Waals surface area contributed by atoms with Gasteiger partial charge in [0.25, 0.3) is 11.8 Å². The number of amides is 2. The molecular formula is C28H28ClF3N6O5. The van der Waals surface area contributed by atoms with Gasteiger partial charge in [-0.15, -0.1) is 0 Å². The summed E-state index contributed by atoms with van der Waals surface area (Å²) in [5.74, 6) is -1.69. The lowest BCUT2D eigenvalue weighted by Crippen LogP contribution is -2.45. The highest BCUT2D eigenvalue weighted by Crippen LogP contribution is 2.33. The van der Waals surface area contributed by atoms with E-state index in [4.69, 9.17) is 31.9 Å². The van der Waals surface area contributed by atoms with E-state index in [1.54, 1.807) is 54.6 Å². The Hall–Kier alpha value is -4.98. The standard InChI is InChI=1S/C25H25ClN6O4.C3H3F3O/c1-14(2)36-19-11-8-16-12-20(19)35-13-28-23(27)15-6-9-17(10-7-15)29-22(16)25(34)32-31-24(33)18-4-3-5-21(26)30-18;1-2(7)3(4,5)6/h3-12,14,22,29H,13H2,1-2H3,(H2,27,28)(H,31,33)(H,32,34);7H,1H2. The number of allylic oxidation sites excluding steroid dienone is 1. The predicted octanol–water partition coefficient (Wildman–Crippen LogP) is 4.81. The van der Waals surface area contributed by atoms with E-state index in [0.29, 0.717) is 34.1 Å². The van der Waals surface area contributed by atoms with Gasteiger partial charge in [-0.3, -0.25) is 20.4 Å². The number of carbonyl (C=O) groups is 2. The molecule has 1 aromatic heterocycles. The number of hydrogen-bond acceptors (Lipinski definition) is 9. The normalized spacial score (nSPS) is 15.4. The summed E-state index contributed by atoms with van der Waals surface area (Å²) in [7, 11) is 0. The zero-order valence-corrected chi connectivity index (χ0v) is 23.7. The van der Waals surface area contributed by atoms with Crippen LogP contribution in [0.4, 0.5) is 18.9 Å². The fraction of sp³-hybridized carbons (Fsp3) is 0.214. The molecular weight excluding hydrogens is 593 g/mol. The molecule has 2 aromatic carbocycles. The molecule has 0 saturated heterocycles. The molecule has 0 spiro atoms. The minimum absolute atomic E-state index is 0.0432. The van der Waals surface area contributed by atoms with Gasteiger partial charge in [-0.2, -0.15) is 13.2 Å². The van der Waals surface area contributed by atoms with Crippen LogP contribution in [0.1, 0.15) is 41.5 Å². The molecule has 2 amide bonds. The molecule has 43 heavy (non-hydrogen) atoms. The number of nitrogens with two attached hydrogens (primary N) is 1. The summed E-state index contributed by atoms with van der Waals surface area (Å²) in [6.45, 7) is 6.01. The number of aliphatic hydroxyl groups is 1. The van der Waals surface area contributed by atoms with Crippen molar-refractivity contribution in [1.29, 1.82) is 0 Å². The number of hydrazine groups is 1. The number of aliphatic hydroxyl groups excluding tert-OH is 1. The van der Waals surface area contributed by atoms with Gasteiger partial charge >= 0.3 is 6.18 Å². The highest BCUT2D eigenvalue weighted by molar-refractivity contribution is 6.29. The molecule has 2 aliphatic heterocycles. The molecule has 0 saturated carbocycles. The second kappa shape index (κ2) is 14.3. The number of nitrogens with zero attached hydrogens (tertiary/aromatic N) is 2. The number of nitrogens with one attached hydrogen (secondary N) is 3. The van der Waals surface area contributed by atoms with Crippen molar-refractivity contribution < 1.29 is 37.3 Å². The number of rotatable bonds is 4. The van der Waals surface area contributed by atoms with Gasteiger partial charge in [0.2, 0.25) is 0 Å². The number of benzene rings is 2. The van der Waals surface area contributed by atoms with E-state index in [-0.39, 0.29) is 23.7 Å². The van der Waals surface area contributed by atoms with Crippen LogP contribution in [-0.2, 0) is 4.79 Å². The van der Waals surface area contributed by atoms with Gasteiger partial charge < -0.3 is 25.6 Å². The van der Waals surface area contributed by atoms with Gasteiger partial charge in [-0.1, -0.05) is 30.3 Å². The smallest absolute Gasteiger partial charge is 0.448 e. The molecule has 4 bridgehead atoms. The minimum atomic E-state index is -4.64. The predicted molar refractivity (Wildman–Crippen MR) is 154 cm³/mol. The zero-order chi connectivity index (χ0) is 31.7. The summed E-state index contributed by atoms with van der Waals surface area (Å²) in [5.41, 5.74) is 12.9. The Bertz CT molecular complexity index is 1500. The number of ether oxygens (including phenoxy) is 2. The van der Waals surface area contributed by atoms with Gasteiger partial charge in [0.05, 0.1) is 6.10 Å². The zero-order valence-electron chi connectivity index (χ0n) is 22.9. The summed E-state index contributed by atoms with van der Waals surface area (Å²) in [6.07, 6.45) is -4.74. The van der Waals surface area contributed by atoms with Crippen LogP contribution < -0.4 is 31.4 Å². The Morgan fingerprint density at radius 2 is 1.84 bits per heavy atom. The molecule has 1 unspecified atom stereocenters. The van der Waals surface area contributed by atoms with E-state index in [1.165, 1.54) is 6.07 Å². The summed E-state index contributed by atoms with van der Waals surface area (Å²) in [4.78, 5) is 33.9. The Morgan fingerprint density at radius 3 is 2.44 bits per heavy atom. The van der Waals surface area contributed by atoms with Crippen LogP contribution in [0.15, 0.2) is 78.0 Å². The van der Waals surface area contributed by atoms with Gasteiger partial charge in [0.15, 0.2) is 24.0 Å². The molecule has 3 heterocycles. The largest absolute Gasteiger partial charge is 0.505 e. The van der Waals surface area contributed by atoms with Crippen LogP contribution in [0, 0.1) is 0 Å². The van der Waals surface area contributed by atoms with E-state index in [9.17, 15) is 22.8 Å². The average Bonchev–Trinajstić information content (AvgIpc) is 2.96. The van der Waals surface area contributed by atoms with Crippen LogP contribution in [0.3, 0.4) is 0 Å². The maximum Gasteiger partial charge on any atom is 0.448 e. The number of aromatic nitrogens is 1. The second-order valence-electron chi connectivity index (χ2n) is 9.08. The van der Waals surface area contributed by atoms with Crippen molar-refractivity contribution in [2.45, 2.75) is 32.2 Å². The molecule has 11 nitrogen and oxygen atoms in total. The van der Waals surface area contributed by atoms with Crippen molar-refractivity contribution in [1.82, 2.24) is 15.8 Å². The van der Waals surface area contributed by atoms with Gasteiger partial charge in [-0.25, -0.2) is 9.98 Å². The SMILES string of the molecule is C=C(O)C(F)(F)F.CC(C)Oc1ccc2cc1OC/N=C(/N)c1ccc(cc1)NC2C(=O)NNC(=O)c1cccc(Cl)n1. The van der Waals surface area contributed by atoms with Crippen molar-refractivity contribution in [3.05, 3.63) is 95.0 Å². The summed E-state index contributed by atoms with van der Waals surface area (Å²) in [6, 6.07) is 16.0. The highest BCUT2D eigenvalue weighted by Gasteiger charge is 2.31. The van der Waals surface area contributed by atoms with Crippen molar-refractivity contribution in [3.63, 3.8) is 0 Å². The number of anilines is 1. The number of amidine groups is 1. The molecule has 0 radical (unpaired) electrons. The van der Waals surface area contributed by atoms with E-state index in [1.807, 2.05) is 13.8 Å². The van der Waals surface area contributed by atoms with E-state index >= 15 is 0 Å². The summed E-state index contributed by atoms with van der Waals surface area (Å²) < 4.78 is 44.2. The Kier molecular flexibility index (Phi) is 10.8. The van der Waals surface area contributed by atoms with Gasteiger partial charge in [-0.05, 0) is 67.9 Å². The molecule has 2 aliphatic rings. The first-order chi connectivity index (χ1) is 20.2. The van der Waals surface area contributed by atoms with Gasteiger partial charge in [0.1, 0.15) is 22.7 Å². The lowest BCUT2D eigenvalue weighted by Gasteiger charge is -2.22. The van der Waals surface area contributed by atoms with Crippen molar-refractivity contribution >= 4 is 34.9 Å². The molecule has 0 aliphatic carbocycles. The third-order valence-electron chi connectivity index (χ3n) is 5.45. The molecule has 6 N–H and O–H groups in total. The Balaban J connectivity index is 0.000000646. The highest BCUT2D eigenvalue weighted by atomic mass is 35.5. The summed E-state index contributed by atoms with van der Waals surface area (Å²) in [5, 5.41) is 10.9. The fourth-order valence-electron chi connectivity index (χ4n) is 3.42. The quantitative estimate of drug-likeness (QED) is 0.158. The third-order valence-corrected chi connectivity index (χ3v) is 5.66. The first kappa shape index (κ1) is 32.5. The fourth-order valence-corrected chi connectivity index (χ4v) is 3.59. The molecule has 228 valence electrons. The minimum Gasteiger partial charge on any atom is -0.505 e. The van der Waals surface area contributed by atoms with Gasteiger partial charge in [0, 0.05) is 11.3 Å². The monoisotopic (exact) mass is 620 g/mol. The van der Waals surface area contributed by atoms with Crippen LogP contribution in [0.5, 0.6) is 11.5 Å². The van der Waals surface area contributed by atoms with Crippen molar-refractivity contribution in [2.24, 2.45) is 10.7 Å². The van der Waals surface area contributed by atoms with E-state index in [0.717, 1.165) is 0 Å². The maximum absolute atomic E-state index is 13.3. The Morgan fingerprint density at radius 1 is 1.16 bits per heavy atom. The number of halogens is 4. The number of alkyl halides is 3. The molecule has 1 atom stereocenters. The van der Waals surface area contributed by atoms with Crippen LogP contribution in [0.25, 0.3) is 0 Å². The number of aliphatic imine (C=N–C) groups is 1. The van der Waals surface area contributed by atoms with Crippen LogP contribution in [-0.4, -0.2) is 46.8 Å². The maximum atomic E-state index is 13.3. The Labute approximate surface area is 249 Å². The summed E-state index contributed by atoms with van der Waals surface area (Å²) >= 11 is 5.86. The van der Waals surface area contributed by atoms with Crippen LogP contribution >= 0.6 is 11.6 Å².